The zero-order valence-electron chi connectivity index (χ0n) is 4.60. The molecule has 2 heteroatoms. The maximum Gasteiger partial charge on any atom is -0.0500 e. The van der Waals surface area contributed by atoms with Crippen LogP contribution in [0.5, 0.6) is 0 Å². The van der Waals surface area contributed by atoms with Gasteiger partial charge in [-0.15, -0.1) is 0 Å². The van der Waals surface area contributed by atoms with Crippen LogP contribution in [0.15, 0.2) is 0 Å². The largest absolute Gasteiger partial charge is 0.320 e. The quantitative estimate of drug-likeness (QED) is 0.437. The monoisotopic (exact) mass is 91.1 g/mol. The predicted octanol–water partition coefficient (Wildman–Crippen LogP) is 0.997. The Morgan fingerprint density at radius 2 is 1.17 bits per heavy atom. The second-order valence-electron chi connectivity index (χ2n) is 1.73. The fraction of sp³-hybridized carbons (Fsp3) is 1.00. The predicted molar refractivity (Wildman–Crippen MR) is 26.5 cm³/mol. The van der Waals surface area contributed by atoms with Crippen molar-refractivity contribution < 1.29 is 5.21 Å². The Morgan fingerprint density at radius 3 is 1.17 bits per heavy atom. The molecule has 0 aromatic heterocycles. The van der Waals surface area contributed by atoms with Crippen LogP contribution in [0.1, 0.15) is 20.8 Å². The minimum absolute atomic E-state index is 0.833. The van der Waals surface area contributed by atoms with Crippen molar-refractivity contribution in [3.63, 3.8) is 0 Å². The molecule has 3 N–H and O–H groups in total. The number of rotatable bonds is 0. The lowest BCUT2D eigenvalue weighted by atomic mass is 10.3. The van der Waals surface area contributed by atoms with Crippen LogP contribution in [0.3, 0.4) is 0 Å². The third kappa shape index (κ3) is 5220. The van der Waals surface area contributed by atoms with Gasteiger partial charge in [-0.05, 0) is 5.92 Å². The van der Waals surface area contributed by atoms with E-state index in [4.69, 9.17) is 5.21 Å². The maximum atomic E-state index is 6.50. The van der Waals surface area contributed by atoms with Gasteiger partial charge in [0.15, 0.2) is 0 Å². The molecule has 0 saturated carbocycles. The van der Waals surface area contributed by atoms with Crippen molar-refractivity contribution in [3.05, 3.63) is 0 Å². The van der Waals surface area contributed by atoms with E-state index in [1.165, 1.54) is 0 Å². The normalized spacial score (nSPS) is 7.00. The molecule has 2 nitrogen and oxygen atoms in total. The van der Waals surface area contributed by atoms with Crippen molar-refractivity contribution >= 4 is 0 Å². The minimum Gasteiger partial charge on any atom is -0.320 e. The van der Waals surface area contributed by atoms with Crippen molar-refractivity contribution in [3.8, 4) is 0 Å². The van der Waals surface area contributed by atoms with Crippen molar-refractivity contribution in [1.82, 2.24) is 0 Å². The van der Waals surface area contributed by atoms with Crippen LogP contribution in [0.25, 0.3) is 0 Å². The molecule has 0 amide bonds. The molecule has 0 radical (unpaired) electrons. The lowest BCUT2D eigenvalue weighted by molar-refractivity contribution is 0.311. The minimum atomic E-state index is 0.833. The fourth-order valence-electron chi connectivity index (χ4n) is 0. The van der Waals surface area contributed by atoms with E-state index in [1.54, 1.807) is 0 Å². The summed E-state index contributed by atoms with van der Waals surface area (Å²) in [5.74, 6) is 4.33. The molecule has 0 spiro atoms. The maximum absolute atomic E-state index is 6.50. The summed E-state index contributed by atoms with van der Waals surface area (Å²) in [4.78, 5) is 0. The Kier molecular flexibility index (Phi) is 13.8. The summed E-state index contributed by atoms with van der Waals surface area (Å²) in [6.07, 6.45) is 0. The molecule has 0 aliphatic rings. The first kappa shape index (κ1) is 9.33. The van der Waals surface area contributed by atoms with Crippen molar-refractivity contribution in [2.45, 2.75) is 20.8 Å². The first-order valence-corrected chi connectivity index (χ1v) is 1.99. The molecular formula is C4H13NO. The smallest absolute Gasteiger partial charge is 0.0500 e. The summed E-state index contributed by atoms with van der Waals surface area (Å²) in [5.41, 5.74) is 0. The number of hydrogen-bond donors (Lipinski definition) is 2. The van der Waals surface area contributed by atoms with E-state index in [0.717, 1.165) is 5.92 Å². The van der Waals surface area contributed by atoms with Crippen LogP contribution in [-0.2, 0) is 0 Å². The van der Waals surface area contributed by atoms with E-state index < -0.39 is 0 Å². The molecule has 0 atom stereocenters. The van der Waals surface area contributed by atoms with E-state index in [0.29, 0.717) is 0 Å². The van der Waals surface area contributed by atoms with E-state index >= 15 is 0 Å². The van der Waals surface area contributed by atoms with E-state index in [1.807, 2.05) is 0 Å². The van der Waals surface area contributed by atoms with Crippen LogP contribution < -0.4 is 5.90 Å². The molecule has 0 aliphatic heterocycles. The van der Waals surface area contributed by atoms with Crippen LogP contribution in [0, 0.1) is 5.92 Å². The van der Waals surface area contributed by atoms with E-state index in [2.05, 4.69) is 26.7 Å². The van der Waals surface area contributed by atoms with Crippen molar-refractivity contribution in [1.29, 1.82) is 0 Å². The summed E-state index contributed by atoms with van der Waals surface area (Å²) in [6.45, 7) is 6.50. The van der Waals surface area contributed by atoms with Gasteiger partial charge in [-0.25, -0.2) is 5.90 Å². The lowest BCUT2D eigenvalue weighted by Crippen LogP contribution is -1.72. The highest BCUT2D eigenvalue weighted by Gasteiger charge is 1.68. The second-order valence-corrected chi connectivity index (χ2v) is 1.73. The standard InChI is InChI=1S/C4H10.H3NO/c1-4(2)3;1-2/h4H,1-3H3;2H,1H2. The summed E-state index contributed by atoms with van der Waals surface area (Å²) >= 11 is 0. The van der Waals surface area contributed by atoms with Gasteiger partial charge in [0.25, 0.3) is 0 Å². The molecular weight excluding hydrogens is 78.0 g/mol. The summed E-state index contributed by atoms with van der Waals surface area (Å²) in [7, 11) is 0. The summed E-state index contributed by atoms with van der Waals surface area (Å²) < 4.78 is 0. The molecule has 0 bridgehead atoms. The molecule has 0 rings (SSSR count). The average molecular weight is 91.2 g/mol. The van der Waals surface area contributed by atoms with Gasteiger partial charge in [0.05, 0.1) is 0 Å². The van der Waals surface area contributed by atoms with Gasteiger partial charge in [-0.3, -0.25) is 0 Å². The molecule has 0 heterocycles. The molecule has 0 aromatic rings. The molecule has 0 fully saturated rings. The highest BCUT2D eigenvalue weighted by atomic mass is 16.4. The first-order chi connectivity index (χ1) is 2.73. The molecule has 0 unspecified atom stereocenters. The van der Waals surface area contributed by atoms with Crippen LogP contribution >= 0.6 is 0 Å². The SMILES string of the molecule is CC(C)C.NO. The first-order valence-electron chi connectivity index (χ1n) is 1.99. The van der Waals surface area contributed by atoms with Crippen molar-refractivity contribution in [2.24, 2.45) is 11.8 Å². The van der Waals surface area contributed by atoms with E-state index in [9.17, 15) is 0 Å². The molecule has 0 aliphatic carbocycles. The van der Waals surface area contributed by atoms with Crippen LogP contribution in [-0.4, -0.2) is 5.21 Å². The molecule has 0 saturated heterocycles. The molecule has 0 aromatic carbocycles. The lowest BCUT2D eigenvalue weighted by Gasteiger charge is -1.79. The zero-order chi connectivity index (χ0) is 5.58. The van der Waals surface area contributed by atoms with Gasteiger partial charge in [-0.1, -0.05) is 20.8 Å². The summed E-state index contributed by atoms with van der Waals surface area (Å²) in [5, 5.41) is 6.50. The molecule has 6 heavy (non-hydrogen) atoms. The third-order valence-electron chi connectivity index (χ3n) is 0. The topological polar surface area (TPSA) is 46.2 Å². The Balaban J connectivity index is 0. The zero-order valence-corrected chi connectivity index (χ0v) is 4.60. The average Bonchev–Trinajstić information content (AvgIpc) is 1.41. The van der Waals surface area contributed by atoms with Gasteiger partial charge in [-0.2, -0.15) is 0 Å². The van der Waals surface area contributed by atoms with Gasteiger partial charge >= 0.3 is 0 Å². The highest BCUT2D eigenvalue weighted by Crippen LogP contribution is 1.81. The Labute approximate surface area is 38.9 Å². The Bertz CT molecular complexity index is 12.3. The Hall–Kier alpha value is -0.0800. The van der Waals surface area contributed by atoms with Gasteiger partial charge in [0, 0.05) is 0 Å². The number of nitrogens with two attached hydrogens (primary N) is 1. The van der Waals surface area contributed by atoms with Gasteiger partial charge in [0.1, 0.15) is 0 Å². The second kappa shape index (κ2) is 8.87. The Morgan fingerprint density at radius 1 is 1.17 bits per heavy atom. The van der Waals surface area contributed by atoms with E-state index in [-0.39, 0.29) is 0 Å². The van der Waals surface area contributed by atoms with Crippen molar-refractivity contribution in [2.75, 3.05) is 0 Å². The molecule has 40 valence electrons. The fourth-order valence-corrected chi connectivity index (χ4v) is 0. The van der Waals surface area contributed by atoms with Crippen LogP contribution in [0.4, 0.5) is 0 Å². The third-order valence-corrected chi connectivity index (χ3v) is 0. The highest BCUT2D eigenvalue weighted by molar-refractivity contribution is 4.20. The number of hydrogen-bond acceptors (Lipinski definition) is 2. The van der Waals surface area contributed by atoms with Crippen LogP contribution in [0.2, 0.25) is 0 Å². The van der Waals surface area contributed by atoms with Gasteiger partial charge < -0.3 is 5.21 Å². The van der Waals surface area contributed by atoms with Gasteiger partial charge in [0.2, 0.25) is 0 Å². The summed E-state index contributed by atoms with van der Waals surface area (Å²) in [6, 6.07) is 0.